The van der Waals surface area contributed by atoms with Crippen molar-refractivity contribution in [2.45, 2.75) is 12.3 Å². The summed E-state index contributed by atoms with van der Waals surface area (Å²) in [4.78, 5) is 12.2. The SMILES string of the molecule is O=C(N/N=C\c1ccc(-c2cccc(Cl)c2)o1)[C@@H]1C[C@H]1c1ccccc1. The molecule has 1 N–H and O–H groups in total. The van der Waals surface area contributed by atoms with Gasteiger partial charge in [-0.2, -0.15) is 5.10 Å². The van der Waals surface area contributed by atoms with Crippen molar-refractivity contribution in [2.24, 2.45) is 11.0 Å². The van der Waals surface area contributed by atoms with E-state index in [0.717, 1.165) is 12.0 Å². The maximum absolute atomic E-state index is 12.2. The lowest BCUT2D eigenvalue weighted by atomic mass is 10.1. The summed E-state index contributed by atoms with van der Waals surface area (Å²) in [6.45, 7) is 0. The predicted molar refractivity (Wildman–Crippen MR) is 102 cm³/mol. The Morgan fingerprint density at radius 2 is 1.96 bits per heavy atom. The van der Waals surface area contributed by atoms with E-state index in [-0.39, 0.29) is 11.8 Å². The van der Waals surface area contributed by atoms with Crippen molar-refractivity contribution in [3.63, 3.8) is 0 Å². The number of carbonyl (C=O) groups excluding carboxylic acids is 1. The van der Waals surface area contributed by atoms with E-state index < -0.39 is 0 Å². The normalized spacial score (nSPS) is 18.8. The Bertz CT molecular complexity index is 949. The Balaban J connectivity index is 1.34. The van der Waals surface area contributed by atoms with Gasteiger partial charge in [0.05, 0.1) is 6.21 Å². The van der Waals surface area contributed by atoms with Gasteiger partial charge in [0, 0.05) is 16.5 Å². The van der Waals surface area contributed by atoms with E-state index in [1.807, 2.05) is 48.5 Å². The number of carbonyl (C=O) groups is 1. The van der Waals surface area contributed by atoms with Crippen molar-refractivity contribution in [1.29, 1.82) is 0 Å². The highest BCUT2D eigenvalue weighted by molar-refractivity contribution is 6.30. The molecule has 1 saturated carbocycles. The van der Waals surface area contributed by atoms with Gasteiger partial charge in [0.15, 0.2) is 0 Å². The third kappa shape index (κ3) is 3.70. The summed E-state index contributed by atoms with van der Waals surface area (Å²) in [6.07, 6.45) is 2.37. The fourth-order valence-electron chi connectivity index (χ4n) is 3.01. The molecule has 0 aliphatic heterocycles. The molecular formula is C21H17ClN2O2. The Kier molecular flexibility index (Phi) is 4.59. The van der Waals surface area contributed by atoms with Gasteiger partial charge in [0.1, 0.15) is 11.5 Å². The predicted octanol–water partition coefficient (Wildman–Crippen LogP) is 4.85. The Labute approximate surface area is 156 Å². The quantitative estimate of drug-likeness (QED) is 0.519. The summed E-state index contributed by atoms with van der Waals surface area (Å²) in [6, 6.07) is 21.2. The van der Waals surface area contributed by atoms with E-state index in [1.54, 1.807) is 6.07 Å². The van der Waals surface area contributed by atoms with Crippen LogP contribution in [0.4, 0.5) is 0 Å². The van der Waals surface area contributed by atoms with Gasteiger partial charge in [-0.3, -0.25) is 4.79 Å². The lowest BCUT2D eigenvalue weighted by Gasteiger charge is -1.99. The van der Waals surface area contributed by atoms with Crippen LogP contribution in [-0.2, 0) is 4.79 Å². The number of hydrazone groups is 1. The minimum atomic E-state index is -0.0586. The molecule has 1 heterocycles. The minimum Gasteiger partial charge on any atom is -0.455 e. The molecule has 0 bridgehead atoms. The number of amides is 1. The van der Waals surface area contributed by atoms with E-state index >= 15 is 0 Å². The number of rotatable bonds is 5. The molecule has 3 aromatic rings. The number of nitrogens with zero attached hydrogens (tertiary/aromatic N) is 1. The Hall–Kier alpha value is -2.85. The van der Waals surface area contributed by atoms with Crippen LogP contribution in [-0.4, -0.2) is 12.1 Å². The first-order valence-electron chi connectivity index (χ1n) is 8.44. The second kappa shape index (κ2) is 7.18. The van der Waals surface area contributed by atoms with E-state index in [9.17, 15) is 4.79 Å². The van der Waals surface area contributed by atoms with Crippen LogP contribution in [0, 0.1) is 5.92 Å². The standard InChI is InChI=1S/C21H17ClN2O2/c22-16-8-4-7-15(11-16)20-10-9-17(26-20)13-23-24-21(25)19-12-18(19)14-5-2-1-3-6-14/h1-11,13,18-19H,12H2,(H,24,25)/b23-13-/t18-,19+/m0/s1. The largest absolute Gasteiger partial charge is 0.455 e. The number of halogens is 1. The number of benzene rings is 2. The number of hydrogen-bond donors (Lipinski definition) is 1. The van der Waals surface area contributed by atoms with Gasteiger partial charge >= 0.3 is 0 Å². The molecule has 26 heavy (non-hydrogen) atoms. The molecule has 0 spiro atoms. The lowest BCUT2D eigenvalue weighted by molar-refractivity contribution is -0.122. The Morgan fingerprint density at radius 1 is 1.12 bits per heavy atom. The monoisotopic (exact) mass is 364 g/mol. The molecule has 0 radical (unpaired) electrons. The summed E-state index contributed by atoms with van der Waals surface area (Å²) in [5.74, 6) is 1.50. The first-order valence-corrected chi connectivity index (χ1v) is 8.82. The molecule has 4 rings (SSSR count). The summed E-state index contributed by atoms with van der Waals surface area (Å²) < 4.78 is 5.71. The fourth-order valence-corrected chi connectivity index (χ4v) is 3.21. The third-order valence-corrected chi connectivity index (χ3v) is 4.69. The van der Waals surface area contributed by atoms with Crippen LogP contribution < -0.4 is 5.43 Å². The maximum Gasteiger partial charge on any atom is 0.243 e. The zero-order valence-electron chi connectivity index (χ0n) is 13.9. The van der Waals surface area contributed by atoms with Gasteiger partial charge in [0.2, 0.25) is 5.91 Å². The van der Waals surface area contributed by atoms with Crippen molar-refractivity contribution >= 4 is 23.7 Å². The molecule has 130 valence electrons. The lowest BCUT2D eigenvalue weighted by Crippen LogP contribution is -2.20. The number of hydrogen-bond acceptors (Lipinski definition) is 3. The second-order valence-corrected chi connectivity index (χ2v) is 6.74. The highest BCUT2D eigenvalue weighted by Gasteiger charge is 2.43. The topological polar surface area (TPSA) is 54.6 Å². The average Bonchev–Trinajstić information content (AvgIpc) is 3.33. The summed E-state index contributed by atoms with van der Waals surface area (Å²) in [5, 5.41) is 4.66. The summed E-state index contributed by atoms with van der Waals surface area (Å²) >= 11 is 6.00. The molecule has 1 aliphatic carbocycles. The minimum absolute atomic E-state index is 0.00632. The van der Waals surface area contributed by atoms with Gasteiger partial charge in [-0.1, -0.05) is 54.1 Å². The van der Waals surface area contributed by atoms with Gasteiger partial charge in [-0.05, 0) is 42.2 Å². The van der Waals surface area contributed by atoms with E-state index in [1.165, 1.54) is 11.8 Å². The number of nitrogens with one attached hydrogen (secondary N) is 1. The molecule has 2 aromatic carbocycles. The first-order chi connectivity index (χ1) is 12.7. The maximum atomic E-state index is 12.2. The molecular weight excluding hydrogens is 348 g/mol. The molecule has 2 atom stereocenters. The third-order valence-electron chi connectivity index (χ3n) is 4.46. The van der Waals surface area contributed by atoms with Gasteiger partial charge in [0.25, 0.3) is 0 Å². The van der Waals surface area contributed by atoms with Gasteiger partial charge < -0.3 is 4.42 Å². The molecule has 0 unspecified atom stereocenters. The molecule has 4 nitrogen and oxygen atoms in total. The van der Waals surface area contributed by atoms with Crippen LogP contribution in [0.3, 0.4) is 0 Å². The molecule has 5 heteroatoms. The number of furan rings is 1. The van der Waals surface area contributed by atoms with Crippen LogP contribution >= 0.6 is 11.6 Å². The molecule has 0 saturated heterocycles. The van der Waals surface area contributed by atoms with Crippen molar-refractivity contribution in [3.05, 3.63) is 83.1 Å². The highest BCUT2D eigenvalue weighted by atomic mass is 35.5. The summed E-state index contributed by atoms with van der Waals surface area (Å²) in [7, 11) is 0. The first kappa shape index (κ1) is 16.6. The van der Waals surface area contributed by atoms with Gasteiger partial charge in [-0.25, -0.2) is 5.43 Å². The van der Waals surface area contributed by atoms with Crippen LogP contribution in [0.5, 0.6) is 0 Å². The van der Waals surface area contributed by atoms with Crippen molar-refractivity contribution in [1.82, 2.24) is 5.43 Å². The summed E-state index contributed by atoms with van der Waals surface area (Å²) in [5.41, 5.74) is 4.70. The van der Waals surface area contributed by atoms with Crippen LogP contribution in [0.15, 0.2) is 76.2 Å². The Morgan fingerprint density at radius 3 is 2.77 bits per heavy atom. The average molecular weight is 365 g/mol. The molecule has 1 aromatic heterocycles. The van der Waals surface area contributed by atoms with E-state index in [2.05, 4.69) is 22.7 Å². The smallest absolute Gasteiger partial charge is 0.243 e. The molecule has 1 aliphatic rings. The van der Waals surface area contributed by atoms with E-state index in [4.69, 9.17) is 16.0 Å². The fraction of sp³-hybridized carbons (Fsp3) is 0.143. The van der Waals surface area contributed by atoms with Crippen LogP contribution in [0.2, 0.25) is 5.02 Å². The van der Waals surface area contributed by atoms with Crippen molar-refractivity contribution in [3.8, 4) is 11.3 Å². The van der Waals surface area contributed by atoms with E-state index in [0.29, 0.717) is 22.5 Å². The van der Waals surface area contributed by atoms with Crippen molar-refractivity contribution < 1.29 is 9.21 Å². The zero-order valence-corrected chi connectivity index (χ0v) is 14.7. The molecule has 1 amide bonds. The van der Waals surface area contributed by atoms with Crippen molar-refractivity contribution in [2.75, 3.05) is 0 Å². The zero-order chi connectivity index (χ0) is 17.9. The van der Waals surface area contributed by atoms with Gasteiger partial charge in [-0.15, -0.1) is 0 Å². The highest BCUT2D eigenvalue weighted by Crippen LogP contribution is 2.47. The second-order valence-electron chi connectivity index (χ2n) is 6.31. The van der Waals surface area contributed by atoms with Crippen LogP contribution in [0.1, 0.15) is 23.7 Å². The van der Waals surface area contributed by atoms with Crippen LogP contribution in [0.25, 0.3) is 11.3 Å². The molecule has 1 fully saturated rings.